The predicted octanol–water partition coefficient (Wildman–Crippen LogP) is 0.564. The van der Waals surface area contributed by atoms with E-state index in [-0.39, 0.29) is 18.6 Å². The highest BCUT2D eigenvalue weighted by atomic mass is 32.2. The van der Waals surface area contributed by atoms with Crippen LogP contribution in [0.25, 0.3) is 0 Å². The molecule has 1 aliphatic rings. The van der Waals surface area contributed by atoms with E-state index >= 15 is 0 Å². The standard InChI is InChI=1S/C14H15N3O6S/c1-24(19,20)14-17-16-12(23-14)3-2-6-15-13(18)9-4-5-10-11(7-9)22-8-21-10/h4-5,7H,2-3,6,8H2,1H3,(H,15,18). The van der Waals surface area contributed by atoms with Gasteiger partial charge in [-0.05, 0) is 24.6 Å². The average molecular weight is 353 g/mol. The number of aromatic nitrogens is 2. The number of nitrogens with zero attached hydrogens (tertiary/aromatic N) is 2. The highest BCUT2D eigenvalue weighted by molar-refractivity contribution is 7.90. The summed E-state index contributed by atoms with van der Waals surface area (Å²) in [5.41, 5.74) is 0.469. The van der Waals surface area contributed by atoms with Crippen molar-refractivity contribution in [1.82, 2.24) is 15.5 Å². The van der Waals surface area contributed by atoms with E-state index in [4.69, 9.17) is 13.9 Å². The Balaban J connectivity index is 1.48. The average Bonchev–Trinajstić information content (AvgIpc) is 3.18. The van der Waals surface area contributed by atoms with E-state index in [1.165, 1.54) is 0 Å². The van der Waals surface area contributed by atoms with Crippen molar-refractivity contribution in [3.05, 3.63) is 29.7 Å². The molecule has 3 rings (SSSR count). The molecule has 10 heteroatoms. The Morgan fingerprint density at radius 1 is 1.25 bits per heavy atom. The first kappa shape index (κ1) is 16.2. The molecule has 9 nitrogen and oxygen atoms in total. The van der Waals surface area contributed by atoms with Gasteiger partial charge in [0.25, 0.3) is 5.91 Å². The summed E-state index contributed by atoms with van der Waals surface area (Å²) >= 11 is 0. The van der Waals surface area contributed by atoms with Crippen molar-refractivity contribution in [3.8, 4) is 11.5 Å². The number of fused-ring (bicyclic) bond motifs is 1. The minimum absolute atomic E-state index is 0.153. The second kappa shape index (κ2) is 6.48. The lowest BCUT2D eigenvalue weighted by Crippen LogP contribution is -2.24. The number of ether oxygens (including phenoxy) is 2. The monoisotopic (exact) mass is 353 g/mol. The van der Waals surface area contributed by atoms with Gasteiger partial charge < -0.3 is 19.2 Å². The second-order valence-corrected chi connectivity index (χ2v) is 7.05. The Labute approximate surface area is 137 Å². The molecule has 1 aromatic heterocycles. The van der Waals surface area contributed by atoms with E-state index in [1.54, 1.807) is 18.2 Å². The number of sulfone groups is 1. The lowest BCUT2D eigenvalue weighted by atomic mass is 10.2. The van der Waals surface area contributed by atoms with E-state index in [2.05, 4.69) is 15.5 Å². The van der Waals surface area contributed by atoms with Crippen LogP contribution in [0.3, 0.4) is 0 Å². The summed E-state index contributed by atoms with van der Waals surface area (Å²) < 4.78 is 37.9. The summed E-state index contributed by atoms with van der Waals surface area (Å²) in [6.45, 7) is 0.532. The maximum atomic E-state index is 12.1. The highest BCUT2D eigenvalue weighted by Crippen LogP contribution is 2.32. The smallest absolute Gasteiger partial charge is 0.335 e. The molecular formula is C14H15N3O6S. The van der Waals surface area contributed by atoms with Gasteiger partial charge in [0.1, 0.15) is 0 Å². The molecule has 0 atom stereocenters. The number of hydrogen-bond donors (Lipinski definition) is 1. The largest absolute Gasteiger partial charge is 0.454 e. The van der Waals surface area contributed by atoms with Gasteiger partial charge >= 0.3 is 5.22 Å². The Kier molecular flexibility index (Phi) is 4.38. The van der Waals surface area contributed by atoms with E-state index in [0.717, 1.165) is 6.26 Å². The van der Waals surface area contributed by atoms with Crippen LogP contribution in [-0.4, -0.2) is 44.1 Å². The summed E-state index contributed by atoms with van der Waals surface area (Å²) in [4.78, 5) is 12.1. The lowest BCUT2D eigenvalue weighted by molar-refractivity contribution is 0.0952. The highest BCUT2D eigenvalue weighted by Gasteiger charge is 2.17. The van der Waals surface area contributed by atoms with Gasteiger partial charge in [-0.15, -0.1) is 5.10 Å². The molecule has 0 aliphatic carbocycles. The van der Waals surface area contributed by atoms with Crippen molar-refractivity contribution in [3.63, 3.8) is 0 Å². The molecule has 24 heavy (non-hydrogen) atoms. The molecule has 0 radical (unpaired) electrons. The van der Waals surface area contributed by atoms with Crippen LogP contribution < -0.4 is 14.8 Å². The Hall–Kier alpha value is -2.62. The summed E-state index contributed by atoms with van der Waals surface area (Å²) in [6, 6.07) is 4.95. The first-order chi connectivity index (χ1) is 11.4. The molecule has 0 saturated carbocycles. The first-order valence-corrected chi connectivity index (χ1v) is 9.03. The van der Waals surface area contributed by atoms with Gasteiger partial charge in [-0.1, -0.05) is 5.10 Å². The third-order valence-corrected chi connectivity index (χ3v) is 4.05. The molecule has 1 aliphatic heterocycles. The normalized spacial score (nSPS) is 13.0. The minimum atomic E-state index is -3.50. The van der Waals surface area contributed by atoms with Crippen LogP contribution in [0, 0.1) is 0 Å². The van der Waals surface area contributed by atoms with Crippen molar-refractivity contribution < 1.29 is 27.1 Å². The number of hydrogen-bond acceptors (Lipinski definition) is 8. The van der Waals surface area contributed by atoms with E-state index in [0.29, 0.717) is 36.4 Å². The minimum Gasteiger partial charge on any atom is -0.454 e. The van der Waals surface area contributed by atoms with Crippen molar-refractivity contribution in [1.29, 1.82) is 0 Å². The van der Waals surface area contributed by atoms with Crippen LogP contribution in [0.2, 0.25) is 0 Å². The fourth-order valence-corrected chi connectivity index (χ4v) is 2.51. The van der Waals surface area contributed by atoms with Crippen molar-refractivity contribution in [2.45, 2.75) is 18.1 Å². The van der Waals surface area contributed by atoms with Crippen molar-refractivity contribution in [2.24, 2.45) is 0 Å². The number of nitrogens with one attached hydrogen (secondary N) is 1. The summed E-state index contributed by atoms with van der Waals surface area (Å²) in [7, 11) is -3.50. The molecule has 1 aromatic carbocycles. The van der Waals surface area contributed by atoms with E-state index in [9.17, 15) is 13.2 Å². The fraction of sp³-hybridized carbons (Fsp3) is 0.357. The fourth-order valence-electron chi connectivity index (χ4n) is 2.07. The third-order valence-electron chi connectivity index (χ3n) is 3.25. The van der Waals surface area contributed by atoms with Gasteiger partial charge in [0.05, 0.1) is 0 Å². The van der Waals surface area contributed by atoms with Crippen LogP contribution >= 0.6 is 0 Å². The number of rotatable bonds is 6. The third kappa shape index (κ3) is 3.65. The van der Waals surface area contributed by atoms with Gasteiger partial charge in [0.15, 0.2) is 11.5 Å². The molecule has 0 spiro atoms. The zero-order chi connectivity index (χ0) is 17.2. The Morgan fingerprint density at radius 3 is 2.79 bits per heavy atom. The summed E-state index contributed by atoms with van der Waals surface area (Å²) in [6.07, 6.45) is 1.89. The van der Waals surface area contributed by atoms with Gasteiger partial charge in [-0.25, -0.2) is 8.42 Å². The van der Waals surface area contributed by atoms with Crippen LogP contribution in [0.1, 0.15) is 22.7 Å². The molecule has 1 N–H and O–H groups in total. The molecule has 128 valence electrons. The molecule has 0 bridgehead atoms. The van der Waals surface area contributed by atoms with Gasteiger partial charge in [0, 0.05) is 24.8 Å². The zero-order valence-electron chi connectivity index (χ0n) is 12.8. The second-order valence-electron chi connectivity index (χ2n) is 5.16. The number of carbonyl (C=O) groups is 1. The molecule has 0 fully saturated rings. The van der Waals surface area contributed by atoms with Gasteiger partial charge in [-0.2, -0.15) is 0 Å². The topological polar surface area (TPSA) is 121 Å². The van der Waals surface area contributed by atoms with Crippen molar-refractivity contribution in [2.75, 3.05) is 19.6 Å². The maximum Gasteiger partial charge on any atom is 0.335 e. The molecule has 0 saturated heterocycles. The zero-order valence-corrected chi connectivity index (χ0v) is 13.6. The Morgan fingerprint density at radius 2 is 2.04 bits per heavy atom. The SMILES string of the molecule is CS(=O)(=O)c1nnc(CCCNC(=O)c2ccc3c(c2)OCO3)o1. The maximum absolute atomic E-state index is 12.1. The van der Waals surface area contributed by atoms with Gasteiger partial charge in [-0.3, -0.25) is 4.79 Å². The summed E-state index contributed by atoms with van der Waals surface area (Å²) in [5.74, 6) is 1.13. The predicted molar refractivity (Wildman–Crippen MR) is 80.6 cm³/mol. The lowest BCUT2D eigenvalue weighted by Gasteiger charge is -2.05. The molecule has 2 heterocycles. The van der Waals surface area contributed by atoms with Crippen molar-refractivity contribution >= 4 is 15.7 Å². The van der Waals surface area contributed by atoms with Crippen LogP contribution in [-0.2, 0) is 16.3 Å². The van der Waals surface area contributed by atoms with Crippen LogP contribution in [0.4, 0.5) is 0 Å². The quantitative estimate of drug-likeness (QED) is 0.748. The first-order valence-electron chi connectivity index (χ1n) is 7.14. The number of carbonyl (C=O) groups excluding carboxylic acids is 1. The molecule has 2 aromatic rings. The molecular weight excluding hydrogens is 338 g/mol. The molecule has 1 amide bonds. The van der Waals surface area contributed by atoms with E-state index in [1.807, 2.05) is 0 Å². The van der Waals surface area contributed by atoms with Gasteiger partial charge in [0.2, 0.25) is 22.5 Å². The molecule has 0 unspecified atom stereocenters. The van der Waals surface area contributed by atoms with Crippen LogP contribution in [0.15, 0.2) is 27.8 Å². The number of amides is 1. The van der Waals surface area contributed by atoms with E-state index < -0.39 is 15.1 Å². The Bertz CT molecular complexity index is 861. The number of aryl methyl sites for hydroxylation is 1. The number of benzene rings is 1. The van der Waals surface area contributed by atoms with Crippen LogP contribution in [0.5, 0.6) is 11.5 Å². The summed E-state index contributed by atoms with van der Waals surface area (Å²) in [5, 5.41) is 9.48.